The molecule has 0 unspecified atom stereocenters. The van der Waals surface area contributed by atoms with Gasteiger partial charge in [-0.05, 0) is 48.0 Å². The number of methoxy groups -OCH3 is 1. The first-order valence-electron chi connectivity index (χ1n) is 9.21. The Morgan fingerprint density at radius 1 is 1.04 bits per heavy atom. The van der Waals surface area contributed by atoms with Gasteiger partial charge in [0.05, 0.1) is 18.5 Å². The van der Waals surface area contributed by atoms with Gasteiger partial charge in [-0.2, -0.15) is 0 Å². The van der Waals surface area contributed by atoms with Crippen molar-refractivity contribution in [2.75, 3.05) is 7.11 Å². The molecule has 0 fully saturated rings. The summed E-state index contributed by atoms with van der Waals surface area (Å²) in [5.41, 5.74) is 3.66. The van der Waals surface area contributed by atoms with Gasteiger partial charge in [0.25, 0.3) is 0 Å². The second kappa shape index (κ2) is 7.17. The fourth-order valence-electron chi connectivity index (χ4n) is 3.56. The number of H-pyrrole nitrogens is 1. The minimum atomic E-state index is 0.227. The summed E-state index contributed by atoms with van der Waals surface area (Å²) < 4.78 is 8.06. The third-order valence-corrected chi connectivity index (χ3v) is 5.36. The molecule has 142 valence electrons. The topological polar surface area (TPSA) is 50.2 Å². The quantitative estimate of drug-likeness (QED) is 0.408. The Morgan fingerprint density at radius 3 is 2.54 bits per heavy atom. The van der Waals surface area contributed by atoms with Gasteiger partial charge in [-0.25, -0.2) is 0 Å². The van der Waals surface area contributed by atoms with E-state index in [0.717, 1.165) is 39.0 Å². The van der Waals surface area contributed by atoms with Gasteiger partial charge in [0.15, 0.2) is 4.77 Å². The van der Waals surface area contributed by atoms with E-state index in [1.165, 1.54) is 0 Å². The number of phenols is 1. The summed E-state index contributed by atoms with van der Waals surface area (Å²) in [5.74, 6) is 1.40. The van der Waals surface area contributed by atoms with Gasteiger partial charge in [0.1, 0.15) is 11.5 Å². The lowest BCUT2D eigenvalue weighted by molar-refractivity contribution is 0.420. The van der Waals surface area contributed by atoms with Crippen molar-refractivity contribution >= 4 is 23.0 Å². The first kappa shape index (κ1) is 18.3. The zero-order valence-electron chi connectivity index (χ0n) is 16.1. The van der Waals surface area contributed by atoms with Crippen LogP contribution in [-0.4, -0.2) is 21.8 Å². The van der Waals surface area contributed by atoms with E-state index in [4.69, 9.17) is 17.0 Å². The van der Waals surface area contributed by atoms with Gasteiger partial charge < -0.3 is 14.8 Å². The number of aromatic nitrogens is 2. The number of aromatic amines is 1. The molecule has 1 heterocycles. The molecule has 3 aromatic carbocycles. The molecule has 0 saturated carbocycles. The summed E-state index contributed by atoms with van der Waals surface area (Å²) in [7, 11) is 1.67. The Balaban J connectivity index is 2.01. The van der Waals surface area contributed by atoms with E-state index in [1.54, 1.807) is 13.2 Å². The molecule has 1 aromatic heterocycles. The minimum Gasteiger partial charge on any atom is -0.507 e. The van der Waals surface area contributed by atoms with Crippen LogP contribution in [0.4, 0.5) is 0 Å². The monoisotopic (exact) mass is 390 g/mol. The Morgan fingerprint density at radius 2 is 1.79 bits per heavy atom. The molecule has 0 aliphatic rings. The Kier molecular flexibility index (Phi) is 4.69. The van der Waals surface area contributed by atoms with Crippen LogP contribution in [0.5, 0.6) is 11.5 Å². The normalized spacial score (nSPS) is 11.3. The molecule has 4 rings (SSSR count). The smallest absolute Gasteiger partial charge is 0.182 e. The van der Waals surface area contributed by atoms with Crippen LogP contribution in [-0.2, 0) is 0 Å². The summed E-state index contributed by atoms with van der Waals surface area (Å²) in [4.78, 5) is 3.14. The van der Waals surface area contributed by atoms with Crippen LogP contribution in [0.25, 0.3) is 27.7 Å². The molecule has 0 aliphatic carbocycles. The van der Waals surface area contributed by atoms with E-state index in [1.807, 2.05) is 53.2 Å². The molecule has 0 radical (unpaired) electrons. The Labute approximate surface area is 169 Å². The Bertz CT molecular complexity index is 1220. The number of fused-ring (bicyclic) bond motifs is 1. The number of hydrogen-bond acceptors (Lipinski definition) is 3. The van der Waals surface area contributed by atoms with E-state index in [-0.39, 0.29) is 5.75 Å². The maximum Gasteiger partial charge on any atom is 0.182 e. The lowest BCUT2D eigenvalue weighted by Gasteiger charge is -2.15. The molecule has 0 aliphatic heterocycles. The highest BCUT2D eigenvalue weighted by molar-refractivity contribution is 7.71. The molecule has 2 N–H and O–H groups in total. The van der Waals surface area contributed by atoms with Crippen LogP contribution >= 0.6 is 12.2 Å². The second-order valence-corrected chi connectivity index (χ2v) is 7.46. The minimum absolute atomic E-state index is 0.227. The number of imidazole rings is 1. The SMILES string of the molecule is COc1cccc2c(-n3c(-c4cc(C(C)C)ccc4O)c[nH]c3=S)cccc12. The lowest BCUT2D eigenvalue weighted by Crippen LogP contribution is -1.99. The number of benzene rings is 3. The molecular formula is C23H22N2O2S. The summed E-state index contributed by atoms with van der Waals surface area (Å²) in [6.07, 6.45) is 1.85. The van der Waals surface area contributed by atoms with Gasteiger partial charge in [0.2, 0.25) is 0 Å². The lowest BCUT2D eigenvalue weighted by atomic mass is 9.99. The summed E-state index contributed by atoms with van der Waals surface area (Å²) in [6, 6.07) is 17.7. The molecule has 0 amide bonds. The fraction of sp³-hybridized carbons (Fsp3) is 0.174. The Hall–Kier alpha value is -3.05. The summed E-state index contributed by atoms with van der Waals surface area (Å²) in [5, 5.41) is 12.6. The van der Waals surface area contributed by atoms with Crippen molar-refractivity contribution in [2.45, 2.75) is 19.8 Å². The van der Waals surface area contributed by atoms with E-state index in [9.17, 15) is 5.11 Å². The van der Waals surface area contributed by atoms with Crippen molar-refractivity contribution in [1.29, 1.82) is 0 Å². The van der Waals surface area contributed by atoms with Crippen molar-refractivity contribution in [3.63, 3.8) is 0 Å². The molecule has 4 nitrogen and oxygen atoms in total. The van der Waals surface area contributed by atoms with Gasteiger partial charge in [-0.15, -0.1) is 0 Å². The zero-order valence-corrected chi connectivity index (χ0v) is 16.9. The molecule has 28 heavy (non-hydrogen) atoms. The summed E-state index contributed by atoms with van der Waals surface area (Å²) >= 11 is 5.60. The maximum absolute atomic E-state index is 10.6. The van der Waals surface area contributed by atoms with Crippen molar-refractivity contribution in [2.24, 2.45) is 0 Å². The van der Waals surface area contributed by atoms with Crippen molar-refractivity contribution in [3.05, 3.63) is 71.1 Å². The third kappa shape index (κ3) is 2.98. The highest BCUT2D eigenvalue weighted by atomic mass is 32.1. The maximum atomic E-state index is 10.6. The van der Waals surface area contributed by atoms with E-state index < -0.39 is 0 Å². The number of nitrogens with one attached hydrogen (secondary N) is 1. The molecule has 0 saturated heterocycles. The number of hydrogen-bond donors (Lipinski definition) is 2. The molecule has 4 aromatic rings. The second-order valence-electron chi connectivity index (χ2n) is 7.08. The van der Waals surface area contributed by atoms with E-state index >= 15 is 0 Å². The van der Waals surface area contributed by atoms with Crippen LogP contribution in [0.3, 0.4) is 0 Å². The highest BCUT2D eigenvalue weighted by Gasteiger charge is 2.16. The highest BCUT2D eigenvalue weighted by Crippen LogP contribution is 2.36. The number of ether oxygens (including phenoxy) is 1. The van der Waals surface area contributed by atoms with Crippen molar-refractivity contribution in [1.82, 2.24) is 9.55 Å². The number of phenolic OH excluding ortho intramolecular Hbond substituents is 1. The zero-order chi connectivity index (χ0) is 19.8. The van der Waals surface area contributed by atoms with Gasteiger partial charge in [0, 0.05) is 22.5 Å². The van der Waals surface area contributed by atoms with Gasteiger partial charge in [-0.3, -0.25) is 4.57 Å². The molecular weight excluding hydrogens is 368 g/mol. The van der Waals surface area contributed by atoms with E-state index in [0.29, 0.717) is 10.7 Å². The number of nitrogens with zero attached hydrogens (tertiary/aromatic N) is 1. The first-order valence-corrected chi connectivity index (χ1v) is 9.62. The van der Waals surface area contributed by atoms with Crippen molar-refractivity contribution < 1.29 is 9.84 Å². The third-order valence-electron chi connectivity index (χ3n) is 5.06. The van der Waals surface area contributed by atoms with Crippen molar-refractivity contribution in [3.8, 4) is 28.4 Å². The van der Waals surface area contributed by atoms with Crippen LogP contribution < -0.4 is 4.74 Å². The van der Waals surface area contributed by atoms with Crippen LogP contribution in [0.1, 0.15) is 25.3 Å². The average Bonchev–Trinajstić information content (AvgIpc) is 3.08. The predicted octanol–water partition coefficient (Wildman–Crippen LogP) is 6.19. The molecule has 0 bridgehead atoms. The largest absolute Gasteiger partial charge is 0.507 e. The number of aromatic hydroxyl groups is 1. The van der Waals surface area contributed by atoms with Gasteiger partial charge in [-0.1, -0.05) is 44.2 Å². The average molecular weight is 391 g/mol. The summed E-state index contributed by atoms with van der Waals surface area (Å²) in [6.45, 7) is 4.27. The number of rotatable bonds is 4. The van der Waals surface area contributed by atoms with E-state index in [2.05, 4.69) is 24.9 Å². The van der Waals surface area contributed by atoms with Crippen LogP contribution in [0.15, 0.2) is 60.8 Å². The predicted molar refractivity (Wildman–Crippen MR) is 116 cm³/mol. The first-order chi connectivity index (χ1) is 13.5. The molecule has 5 heteroatoms. The van der Waals surface area contributed by atoms with Crippen LogP contribution in [0.2, 0.25) is 0 Å². The fourth-order valence-corrected chi connectivity index (χ4v) is 3.82. The standard InChI is InChI=1S/C23H22N2O2S/c1-14(2)15-10-11-21(26)18(12-15)20-13-24-23(28)25(20)19-8-4-7-17-16(19)6-5-9-22(17)27-3/h4-14,26H,1-3H3,(H,24,28). The van der Waals surface area contributed by atoms with Crippen LogP contribution in [0, 0.1) is 4.77 Å². The molecule has 0 atom stereocenters. The van der Waals surface area contributed by atoms with Gasteiger partial charge >= 0.3 is 0 Å². The molecule has 0 spiro atoms.